The van der Waals surface area contributed by atoms with Gasteiger partial charge in [-0.15, -0.1) is 0 Å². The monoisotopic (exact) mass is 205 g/mol. The lowest BCUT2D eigenvalue weighted by Crippen LogP contribution is -2.46. The van der Waals surface area contributed by atoms with Gasteiger partial charge < -0.3 is 20.5 Å². The van der Waals surface area contributed by atoms with Gasteiger partial charge in [-0.25, -0.2) is 0 Å². The van der Waals surface area contributed by atoms with Gasteiger partial charge in [-0.05, 0) is 5.56 Å². The van der Waals surface area contributed by atoms with Gasteiger partial charge in [-0.1, -0.05) is 30.3 Å². The molecule has 80 valence electrons. The Morgan fingerprint density at radius 3 is 2.73 bits per heavy atom. The van der Waals surface area contributed by atoms with E-state index in [-0.39, 0.29) is 12.0 Å². The van der Waals surface area contributed by atoms with Gasteiger partial charge in [0.2, 0.25) is 0 Å². The Balaban J connectivity index is 2.11. The van der Waals surface area contributed by atoms with Crippen LogP contribution in [-0.4, -0.2) is 25.2 Å². The summed E-state index contributed by atoms with van der Waals surface area (Å²) in [6, 6.07) is 9.82. The Morgan fingerprint density at radius 1 is 1.33 bits per heavy atom. The van der Waals surface area contributed by atoms with E-state index >= 15 is 0 Å². The molecular formula is C11H13N2O2-. The summed E-state index contributed by atoms with van der Waals surface area (Å²) in [4.78, 5) is 10.5. The summed E-state index contributed by atoms with van der Waals surface area (Å²) in [5.74, 6) is 0.198. The van der Waals surface area contributed by atoms with Crippen molar-refractivity contribution in [2.75, 3.05) is 13.1 Å². The van der Waals surface area contributed by atoms with Crippen molar-refractivity contribution < 1.29 is 9.90 Å². The fraction of sp³-hybridized carbons (Fsp3) is 0.364. The van der Waals surface area contributed by atoms with Gasteiger partial charge in [0.15, 0.2) is 0 Å². The van der Waals surface area contributed by atoms with E-state index in [1.54, 1.807) is 0 Å². The Bertz CT molecular complexity index is 340. The molecule has 0 bridgehead atoms. The van der Waals surface area contributed by atoms with Gasteiger partial charge >= 0.3 is 0 Å². The van der Waals surface area contributed by atoms with Crippen LogP contribution in [0.3, 0.4) is 0 Å². The number of nitrogens with one attached hydrogen (secondary N) is 2. The zero-order valence-electron chi connectivity index (χ0n) is 8.27. The number of carbonyl (C=O) groups excluding carboxylic acids is 1. The van der Waals surface area contributed by atoms with Crippen molar-refractivity contribution in [3.8, 4) is 0 Å². The van der Waals surface area contributed by atoms with Crippen molar-refractivity contribution in [2.24, 2.45) is 0 Å². The molecule has 0 unspecified atom stereocenters. The molecule has 1 aliphatic rings. The number of hydrogen-bond acceptors (Lipinski definition) is 3. The van der Waals surface area contributed by atoms with Crippen molar-refractivity contribution in [3.05, 3.63) is 35.9 Å². The highest BCUT2D eigenvalue weighted by atomic mass is 16.4. The molecule has 0 aromatic heterocycles. The molecule has 2 atom stereocenters. The molecule has 2 rings (SSSR count). The Labute approximate surface area is 88.3 Å². The molecule has 1 fully saturated rings. The van der Waals surface area contributed by atoms with Gasteiger partial charge in [0.25, 0.3) is 0 Å². The molecule has 0 radical (unpaired) electrons. The van der Waals surface area contributed by atoms with Crippen LogP contribution in [0.1, 0.15) is 11.5 Å². The third kappa shape index (κ3) is 2.27. The summed E-state index contributed by atoms with van der Waals surface area (Å²) in [5, 5.41) is 16.1. The second kappa shape index (κ2) is 4.31. The van der Waals surface area contributed by atoms with Crippen molar-refractivity contribution in [2.45, 2.75) is 12.0 Å². The third-order valence-electron chi connectivity index (χ3n) is 2.75. The highest BCUT2D eigenvalue weighted by Gasteiger charge is 2.27. The van der Waals surface area contributed by atoms with Crippen LogP contribution >= 0.6 is 0 Å². The predicted octanol–water partition coefficient (Wildman–Crippen LogP) is -0.325. The fourth-order valence-electron chi connectivity index (χ4n) is 2.03. The van der Waals surface area contributed by atoms with E-state index in [0.717, 1.165) is 12.1 Å². The molecular weight excluding hydrogens is 192 g/mol. The van der Waals surface area contributed by atoms with E-state index in [1.165, 1.54) is 0 Å². The first-order chi connectivity index (χ1) is 7.27. The molecule has 15 heavy (non-hydrogen) atoms. The number of rotatable bonds is 2. The molecule has 1 aromatic carbocycles. The molecule has 2 N–H and O–H groups in total. The van der Waals surface area contributed by atoms with Crippen LogP contribution in [0, 0.1) is 0 Å². The molecule has 0 saturated carbocycles. The topological polar surface area (TPSA) is 64.2 Å². The van der Waals surface area contributed by atoms with Crippen molar-refractivity contribution >= 4 is 6.09 Å². The predicted molar refractivity (Wildman–Crippen MR) is 54.4 cm³/mol. The lowest BCUT2D eigenvalue weighted by atomic mass is 9.94. The number of carboxylic acid groups (broad SMARTS) is 1. The average Bonchev–Trinajstić information content (AvgIpc) is 2.66. The maximum atomic E-state index is 10.5. The number of benzene rings is 1. The Hall–Kier alpha value is -1.55. The van der Waals surface area contributed by atoms with Crippen molar-refractivity contribution in [1.82, 2.24) is 10.6 Å². The maximum Gasteiger partial charge on any atom is 0.134 e. The minimum Gasteiger partial charge on any atom is -0.530 e. The summed E-state index contributed by atoms with van der Waals surface area (Å²) < 4.78 is 0. The van der Waals surface area contributed by atoms with Gasteiger partial charge in [0, 0.05) is 25.0 Å². The van der Waals surface area contributed by atoms with Gasteiger partial charge in [-0.2, -0.15) is 0 Å². The van der Waals surface area contributed by atoms with E-state index in [0.29, 0.717) is 6.54 Å². The first kappa shape index (κ1) is 9.98. The number of hydrogen-bond donors (Lipinski definition) is 2. The van der Waals surface area contributed by atoms with E-state index in [4.69, 9.17) is 0 Å². The van der Waals surface area contributed by atoms with E-state index in [2.05, 4.69) is 10.6 Å². The molecule has 1 aromatic rings. The number of carbonyl (C=O) groups is 1. The Kier molecular flexibility index (Phi) is 2.87. The van der Waals surface area contributed by atoms with Crippen LogP contribution in [0.5, 0.6) is 0 Å². The molecule has 1 heterocycles. The highest BCUT2D eigenvalue weighted by molar-refractivity contribution is 5.62. The highest BCUT2D eigenvalue weighted by Crippen LogP contribution is 2.22. The van der Waals surface area contributed by atoms with Crippen molar-refractivity contribution in [3.63, 3.8) is 0 Å². The molecule has 1 saturated heterocycles. The van der Waals surface area contributed by atoms with Gasteiger partial charge in [0.05, 0.1) is 0 Å². The molecule has 1 amide bonds. The molecule has 4 heteroatoms. The standard InChI is InChI=1S/C11H14N2O2/c14-11(15)13-10-7-12-6-9(10)8-4-2-1-3-5-8/h1-5,9-10,12-13H,6-7H2,(H,14,15)/p-1/t9-,10+/m0/s1. The lowest BCUT2D eigenvalue weighted by Gasteiger charge is -2.21. The largest absolute Gasteiger partial charge is 0.530 e. The van der Waals surface area contributed by atoms with Crippen LogP contribution in [0.15, 0.2) is 30.3 Å². The lowest BCUT2D eigenvalue weighted by molar-refractivity contribution is -0.251. The molecule has 1 aliphatic heterocycles. The average molecular weight is 205 g/mol. The first-order valence-corrected chi connectivity index (χ1v) is 5.00. The van der Waals surface area contributed by atoms with Gasteiger partial charge in [0.1, 0.15) is 6.09 Å². The summed E-state index contributed by atoms with van der Waals surface area (Å²) >= 11 is 0. The molecule has 0 aliphatic carbocycles. The zero-order valence-corrected chi connectivity index (χ0v) is 8.27. The summed E-state index contributed by atoms with van der Waals surface area (Å²) in [6.07, 6.45) is -1.20. The van der Waals surface area contributed by atoms with Crippen LogP contribution < -0.4 is 15.7 Å². The minimum atomic E-state index is -1.20. The summed E-state index contributed by atoms with van der Waals surface area (Å²) in [6.45, 7) is 1.46. The molecule has 4 nitrogen and oxygen atoms in total. The SMILES string of the molecule is O=C([O-])N[C@@H]1CNC[C@H]1c1ccccc1. The Morgan fingerprint density at radius 2 is 2.07 bits per heavy atom. The van der Waals surface area contributed by atoms with Crippen LogP contribution in [-0.2, 0) is 0 Å². The van der Waals surface area contributed by atoms with Crippen LogP contribution in [0.4, 0.5) is 4.79 Å². The third-order valence-corrected chi connectivity index (χ3v) is 2.75. The van der Waals surface area contributed by atoms with E-state index < -0.39 is 6.09 Å². The molecule has 0 spiro atoms. The second-order valence-electron chi connectivity index (χ2n) is 3.71. The van der Waals surface area contributed by atoms with Crippen LogP contribution in [0.25, 0.3) is 0 Å². The van der Waals surface area contributed by atoms with E-state index in [9.17, 15) is 9.90 Å². The number of amides is 1. The van der Waals surface area contributed by atoms with Crippen molar-refractivity contribution in [1.29, 1.82) is 0 Å². The van der Waals surface area contributed by atoms with E-state index in [1.807, 2.05) is 30.3 Å². The minimum absolute atomic E-state index is 0.0857. The quantitative estimate of drug-likeness (QED) is 0.695. The first-order valence-electron chi connectivity index (χ1n) is 5.00. The van der Waals surface area contributed by atoms with Crippen LogP contribution in [0.2, 0.25) is 0 Å². The normalized spacial score (nSPS) is 25.1. The zero-order chi connectivity index (χ0) is 10.7. The smallest absolute Gasteiger partial charge is 0.134 e. The summed E-state index contributed by atoms with van der Waals surface area (Å²) in [5.41, 5.74) is 1.15. The maximum absolute atomic E-state index is 10.5. The fourth-order valence-corrected chi connectivity index (χ4v) is 2.03. The van der Waals surface area contributed by atoms with Gasteiger partial charge in [-0.3, -0.25) is 0 Å². The summed E-state index contributed by atoms with van der Waals surface area (Å²) in [7, 11) is 0. The second-order valence-corrected chi connectivity index (χ2v) is 3.71.